The van der Waals surface area contributed by atoms with E-state index >= 15 is 0 Å². The molecule has 0 saturated carbocycles. The number of fused-ring (bicyclic) bond motifs is 2. The van der Waals surface area contributed by atoms with E-state index in [-0.39, 0.29) is 0 Å². The number of nitrogens with one attached hydrogen (secondary N) is 1. The van der Waals surface area contributed by atoms with E-state index in [4.69, 9.17) is 0 Å². The van der Waals surface area contributed by atoms with Gasteiger partial charge in [0, 0.05) is 31.0 Å². The molecular formula is C14H21N3. The third-order valence-electron chi connectivity index (χ3n) is 4.18. The number of nitrogens with zero attached hydrogens (tertiary/aromatic N) is 2. The van der Waals surface area contributed by atoms with Crippen LogP contribution in [0.1, 0.15) is 24.1 Å². The Bertz CT molecular complexity index is 374. The summed E-state index contributed by atoms with van der Waals surface area (Å²) in [7, 11) is 0. The molecule has 1 N–H and O–H groups in total. The summed E-state index contributed by atoms with van der Waals surface area (Å²) < 4.78 is 0. The van der Waals surface area contributed by atoms with Crippen molar-refractivity contribution in [1.29, 1.82) is 0 Å². The molecule has 2 fully saturated rings. The van der Waals surface area contributed by atoms with Crippen LogP contribution >= 0.6 is 0 Å². The van der Waals surface area contributed by atoms with Crippen LogP contribution in [-0.4, -0.2) is 35.6 Å². The van der Waals surface area contributed by atoms with Crippen LogP contribution in [0, 0.1) is 12.8 Å². The maximum absolute atomic E-state index is 4.34. The average Bonchev–Trinajstić information content (AvgIpc) is 2.73. The first-order valence-corrected chi connectivity index (χ1v) is 6.68. The number of piperidine rings is 1. The lowest BCUT2D eigenvalue weighted by atomic mass is 9.94. The van der Waals surface area contributed by atoms with Gasteiger partial charge in [0.05, 0.1) is 0 Å². The number of hydrogen-bond acceptors (Lipinski definition) is 3. The van der Waals surface area contributed by atoms with Crippen molar-refractivity contribution in [3.05, 3.63) is 29.6 Å². The molecule has 92 valence electrons. The number of hydrogen-bond donors (Lipinski definition) is 1. The van der Waals surface area contributed by atoms with Gasteiger partial charge in [0.1, 0.15) is 0 Å². The fourth-order valence-corrected chi connectivity index (χ4v) is 3.07. The second-order valence-electron chi connectivity index (χ2n) is 5.43. The first-order chi connectivity index (χ1) is 8.31. The van der Waals surface area contributed by atoms with Gasteiger partial charge in [-0.1, -0.05) is 6.07 Å². The van der Waals surface area contributed by atoms with Crippen LogP contribution in [0.5, 0.6) is 0 Å². The molecule has 1 aromatic heterocycles. The zero-order valence-electron chi connectivity index (χ0n) is 10.5. The monoisotopic (exact) mass is 231 g/mol. The summed E-state index contributed by atoms with van der Waals surface area (Å²) in [5.74, 6) is 0.877. The molecule has 2 bridgehead atoms. The first kappa shape index (κ1) is 11.2. The second kappa shape index (κ2) is 4.75. The van der Waals surface area contributed by atoms with Gasteiger partial charge in [-0.15, -0.1) is 0 Å². The summed E-state index contributed by atoms with van der Waals surface area (Å²) in [4.78, 5) is 6.94. The Balaban J connectivity index is 1.55. The van der Waals surface area contributed by atoms with Gasteiger partial charge >= 0.3 is 0 Å². The van der Waals surface area contributed by atoms with Crippen molar-refractivity contribution in [2.24, 2.45) is 5.92 Å². The molecule has 3 heteroatoms. The molecular weight excluding hydrogens is 210 g/mol. The number of aryl methyl sites for hydroxylation is 1. The smallest absolute Gasteiger partial charge is 0.0372 e. The summed E-state index contributed by atoms with van der Waals surface area (Å²) in [6, 6.07) is 4.99. The van der Waals surface area contributed by atoms with Gasteiger partial charge in [-0.05, 0) is 50.4 Å². The van der Waals surface area contributed by atoms with Gasteiger partial charge in [-0.3, -0.25) is 4.98 Å². The van der Waals surface area contributed by atoms with Gasteiger partial charge in [-0.2, -0.15) is 0 Å². The fraction of sp³-hybridized carbons (Fsp3) is 0.643. The second-order valence-corrected chi connectivity index (χ2v) is 5.43. The van der Waals surface area contributed by atoms with Crippen molar-refractivity contribution in [2.75, 3.05) is 19.6 Å². The first-order valence-electron chi connectivity index (χ1n) is 6.68. The van der Waals surface area contributed by atoms with Gasteiger partial charge in [0.15, 0.2) is 0 Å². The van der Waals surface area contributed by atoms with E-state index in [2.05, 4.69) is 27.3 Å². The van der Waals surface area contributed by atoms with E-state index < -0.39 is 0 Å². The Morgan fingerprint density at radius 1 is 1.35 bits per heavy atom. The molecule has 0 aliphatic carbocycles. The highest BCUT2D eigenvalue weighted by atomic mass is 15.2. The van der Waals surface area contributed by atoms with Crippen LogP contribution in [0.4, 0.5) is 0 Å². The van der Waals surface area contributed by atoms with Crippen LogP contribution in [-0.2, 0) is 6.54 Å². The van der Waals surface area contributed by atoms with Crippen molar-refractivity contribution < 1.29 is 0 Å². The SMILES string of the molecule is Cc1ccc(CNC2CCN3CCC2C3)cn1. The maximum atomic E-state index is 4.34. The summed E-state index contributed by atoms with van der Waals surface area (Å²) in [5.41, 5.74) is 2.40. The van der Waals surface area contributed by atoms with E-state index in [9.17, 15) is 0 Å². The lowest BCUT2D eigenvalue weighted by Crippen LogP contribution is -2.43. The standard InChI is InChI=1S/C14H21N3/c1-11-2-3-12(8-15-11)9-16-14-5-7-17-6-4-13(14)10-17/h2-3,8,13-14,16H,4-7,9-10H2,1H3. The predicted octanol–water partition coefficient (Wildman–Crippen LogP) is 1.57. The Kier molecular flexibility index (Phi) is 3.12. The minimum Gasteiger partial charge on any atom is -0.309 e. The van der Waals surface area contributed by atoms with E-state index in [1.54, 1.807) is 0 Å². The van der Waals surface area contributed by atoms with Crippen LogP contribution in [0.3, 0.4) is 0 Å². The van der Waals surface area contributed by atoms with Crippen LogP contribution < -0.4 is 5.32 Å². The highest BCUT2D eigenvalue weighted by molar-refractivity contribution is 5.13. The molecule has 1 aromatic rings. The minimum atomic E-state index is 0.718. The van der Waals surface area contributed by atoms with Gasteiger partial charge in [-0.25, -0.2) is 0 Å². The summed E-state index contributed by atoms with van der Waals surface area (Å²) in [6.07, 6.45) is 4.68. The molecule has 3 nitrogen and oxygen atoms in total. The van der Waals surface area contributed by atoms with Gasteiger partial charge < -0.3 is 10.2 Å². The Morgan fingerprint density at radius 3 is 3.06 bits per heavy atom. The number of rotatable bonds is 3. The minimum absolute atomic E-state index is 0.718. The number of aromatic nitrogens is 1. The third kappa shape index (κ3) is 2.50. The van der Waals surface area contributed by atoms with Crippen LogP contribution in [0.15, 0.2) is 18.3 Å². The summed E-state index contributed by atoms with van der Waals surface area (Å²) in [5, 5.41) is 3.72. The molecule has 0 radical (unpaired) electrons. The van der Waals surface area contributed by atoms with Crippen molar-refractivity contribution in [3.63, 3.8) is 0 Å². The molecule has 3 rings (SSSR count). The Labute approximate surface area is 103 Å². The molecule has 0 spiro atoms. The summed E-state index contributed by atoms with van der Waals surface area (Å²) in [6.45, 7) is 6.90. The Hall–Kier alpha value is -0.930. The topological polar surface area (TPSA) is 28.2 Å². The van der Waals surface area contributed by atoms with E-state index in [1.807, 2.05) is 13.1 Å². The number of pyridine rings is 1. The fourth-order valence-electron chi connectivity index (χ4n) is 3.07. The molecule has 17 heavy (non-hydrogen) atoms. The maximum Gasteiger partial charge on any atom is 0.0372 e. The molecule has 3 heterocycles. The van der Waals surface area contributed by atoms with Crippen molar-refractivity contribution in [2.45, 2.75) is 32.4 Å². The molecule has 2 saturated heterocycles. The van der Waals surface area contributed by atoms with Crippen LogP contribution in [0.25, 0.3) is 0 Å². The average molecular weight is 231 g/mol. The molecule has 0 amide bonds. The van der Waals surface area contributed by atoms with Crippen LogP contribution in [0.2, 0.25) is 0 Å². The highest BCUT2D eigenvalue weighted by Gasteiger charge is 2.33. The van der Waals surface area contributed by atoms with Gasteiger partial charge in [0.2, 0.25) is 0 Å². The molecule has 3 atom stereocenters. The summed E-state index contributed by atoms with van der Waals surface area (Å²) >= 11 is 0. The normalized spacial score (nSPS) is 31.7. The molecule has 3 unspecified atom stereocenters. The quantitative estimate of drug-likeness (QED) is 0.856. The third-order valence-corrected chi connectivity index (χ3v) is 4.18. The highest BCUT2D eigenvalue weighted by Crippen LogP contribution is 2.27. The van der Waals surface area contributed by atoms with E-state index in [1.165, 1.54) is 38.0 Å². The van der Waals surface area contributed by atoms with Gasteiger partial charge in [0.25, 0.3) is 0 Å². The molecule has 2 aliphatic heterocycles. The largest absolute Gasteiger partial charge is 0.309 e. The van der Waals surface area contributed by atoms with E-state index in [0.717, 1.165) is 24.2 Å². The lowest BCUT2D eigenvalue weighted by molar-refractivity contribution is 0.220. The molecule has 2 aliphatic rings. The zero-order chi connectivity index (χ0) is 11.7. The van der Waals surface area contributed by atoms with E-state index in [0.29, 0.717) is 0 Å². The van der Waals surface area contributed by atoms with Crippen molar-refractivity contribution in [1.82, 2.24) is 15.2 Å². The van der Waals surface area contributed by atoms with Crippen molar-refractivity contribution >= 4 is 0 Å². The molecule has 0 aromatic carbocycles. The lowest BCUT2D eigenvalue weighted by Gasteiger charge is -2.31. The van der Waals surface area contributed by atoms with Crippen molar-refractivity contribution in [3.8, 4) is 0 Å². The zero-order valence-corrected chi connectivity index (χ0v) is 10.5. The predicted molar refractivity (Wildman–Crippen MR) is 68.8 cm³/mol. The Morgan fingerprint density at radius 2 is 2.24 bits per heavy atom.